The van der Waals surface area contributed by atoms with Gasteiger partial charge in [0.05, 0.1) is 22.6 Å². The number of benzene rings is 1. The predicted octanol–water partition coefficient (Wildman–Crippen LogP) is 2.77. The van der Waals surface area contributed by atoms with Crippen molar-refractivity contribution in [3.05, 3.63) is 29.0 Å². The molecule has 4 N–H and O–H groups in total. The van der Waals surface area contributed by atoms with Gasteiger partial charge in [-0.05, 0) is 57.1 Å². The Bertz CT molecular complexity index is 979. The second kappa shape index (κ2) is 10.3. The van der Waals surface area contributed by atoms with Crippen LogP contribution in [0.5, 0.6) is 5.75 Å². The fourth-order valence-corrected chi connectivity index (χ4v) is 5.49. The van der Waals surface area contributed by atoms with E-state index in [1.54, 1.807) is 0 Å². The number of piperidine rings is 1. The summed E-state index contributed by atoms with van der Waals surface area (Å²) in [6, 6.07) is 3.84. The average molecular weight is 538 g/mol. The van der Waals surface area contributed by atoms with Gasteiger partial charge in [-0.25, -0.2) is 4.39 Å². The van der Waals surface area contributed by atoms with E-state index in [9.17, 15) is 32.3 Å². The van der Waals surface area contributed by atoms with Gasteiger partial charge >= 0.3 is 6.36 Å². The minimum Gasteiger partial charge on any atom is -0.484 e. The first-order chi connectivity index (χ1) is 16.9. The molecule has 3 atom stereocenters. The quantitative estimate of drug-likeness (QED) is 0.398. The molecule has 8 nitrogen and oxygen atoms in total. The van der Waals surface area contributed by atoms with E-state index < -0.39 is 47.4 Å². The molecular formula is C23H28ClF4N3O5. The molecule has 0 aromatic heterocycles. The molecule has 36 heavy (non-hydrogen) atoms. The number of fused-ring (bicyclic) bond motifs is 3. The molecule has 0 spiro atoms. The number of rotatable bonds is 7. The highest BCUT2D eigenvalue weighted by Gasteiger charge is 2.55. The normalized spacial score (nSPS) is 32.1. The van der Waals surface area contributed by atoms with Crippen molar-refractivity contribution in [1.29, 1.82) is 0 Å². The van der Waals surface area contributed by atoms with Crippen molar-refractivity contribution in [2.24, 2.45) is 5.92 Å². The Morgan fingerprint density at radius 2 is 1.89 bits per heavy atom. The number of ether oxygens (including phenoxy) is 2. The highest BCUT2D eigenvalue weighted by molar-refractivity contribution is 6.30. The van der Waals surface area contributed by atoms with Crippen LogP contribution in [0.2, 0.25) is 5.02 Å². The Labute approximate surface area is 210 Å². The lowest BCUT2D eigenvalue weighted by Gasteiger charge is -2.56. The summed E-state index contributed by atoms with van der Waals surface area (Å²) in [7, 11) is 0. The van der Waals surface area contributed by atoms with E-state index in [4.69, 9.17) is 16.3 Å². The molecule has 0 radical (unpaired) electrons. The number of hydrogen-bond acceptors (Lipinski definition) is 6. The smallest absolute Gasteiger partial charge is 0.484 e. The van der Waals surface area contributed by atoms with Gasteiger partial charge < -0.3 is 20.5 Å². The van der Waals surface area contributed by atoms with Gasteiger partial charge in [-0.15, -0.1) is 13.2 Å². The van der Waals surface area contributed by atoms with Crippen molar-refractivity contribution < 1.29 is 41.7 Å². The van der Waals surface area contributed by atoms with Crippen LogP contribution in [0.15, 0.2) is 18.2 Å². The number of aliphatic hydroxyl groups excluding tert-OH is 1. The third-order valence-corrected chi connectivity index (χ3v) is 7.68. The first kappa shape index (κ1) is 26.9. The number of nitrogens with one attached hydrogen (secondary N) is 3. The lowest BCUT2D eigenvalue weighted by Crippen LogP contribution is -2.70. The molecule has 3 saturated carbocycles. The Kier molecular flexibility index (Phi) is 7.70. The Morgan fingerprint density at radius 1 is 1.17 bits per heavy atom. The molecule has 200 valence electrons. The molecule has 1 aromatic rings. The molecule has 1 saturated heterocycles. The number of carbonyl (C=O) groups excluding carboxylic acids is 2. The summed E-state index contributed by atoms with van der Waals surface area (Å²) in [5.74, 6) is -1.77. The number of alkyl halides is 3. The molecule has 2 amide bonds. The second-order valence-corrected chi connectivity index (χ2v) is 10.2. The fraction of sp³-hybridized carbons (Fsp3) is 0.652. The van der Waals surface area contributed by atoms with Crippen molar-refractivity contribution >= 4 is 23.4 Å². The Morgan fingerprint density at radius 3 is 2.47 bits per heavy atom. The molecule has 3 aliphatic carbocycles. The predicted molar refractivity (Wildman–Crippen MR) is 119 cm³/mol. The fourth-order valence-electron chi connectivity index (χ4n) is 5.37. The summed E-state index contributed by atoms with van der Waals surface area (Å²) < 4.78 is 60.0. The zero-order chi connectivity index (χ0) is 26.1. The Balaban J connectivity index is 1.26. The SMILES string of the molecule is O=C(COc1ccc(Cl)c(F)c1)NC12CCC(NC(=O)C3CCC(OC(F)(F)F)NC3)(CC1)CC2O. The summed E-state index contributed by atoms with van der Waals surface area (Å²) in [6.07, 6.45) is -4.38. The molecule has 1 heterocycles. The van der Waals surface area contributed by atoms with E-state index in [1.807, 2.05) is 0 Å². The Hall–Kier alpha value is -2.15. The topological polar surface area (TPSA) is 109 Å². The lowest BCUT2D eigenvalue weighted by molar-refractivity contribution is -0.348. The zero-order valence-electron chi connectivity index (χ0n) is 19.3. The van der Waals surface area contributed by atoms with Gasteiger partial charge in [0.25, 0.3) is 5.91 Å². The van der Waals surface area contributed by atoms with Crippen LogP contribution in [0, 0.1) is 11.7 Å². The van der Waals surface area contributed by atoms with Crippen LogP contribution >= 0.6 is 11.6 Å². The molecule has 4 aliphatic rings. The minimum atomic E-state index is -4.74. The number of aliphatic hydroxyl groups is 1. The largest absolute Gasteiger partial charge is 0.524 e. The molecule has 1 aliphatic heterocycles. The van der Waals surface area contributed by atoms with E-state index in [-0.39, 0.29) is 49.1 Å². The van der Waals surface area contributed by atoms with Crippen LogP contribution < -0.4 is 20.7 Å². The summed E-state index contributed by atoms with van der Waals surface area (Å²) in [6.45, 7) is -0.312. The third-order valence-electron chi connectivity index (χ3n) is 7.37. The highest BCUT2D eigenvalue weighted by atomic mass is 35.5. The van der Waals surface area contributed by atoms with E-state index in [2.05, 4.69) is 20.7 Å². The number of halogens is 5. The minimum absolute atomic E-state index is 0.0487. The molecule has 3 unspecified atom stereocenters. The van der Waals surface area contributed by atoms with Crippen LogP contribution in [-0.2, 0) is 14.3 Å². The van der Waals surface area contributed by atoms with Gasteiger partial charge in [-0.1, -0.05) is 11.6 Å². The van der Waals surface area contributed by atoms with Crippen molar-refractivity contribution in [3.63, 3.8) is 0 Å². The van der Waals surface area contributed by atoms with Crippen molar-refractivity contribution in [3.8, 4) is 5.75 Å². The van der Waals surface area contributed by atoms with Crippen LogP contribution in [-0.4, -0.2) is 59.8 Å². The maximum Gasteiger partial charge on any atom is 0.524 e. The van der Waals surface area contributed by atoms with Crippen molar-refractivity contribution in [1.82, 2.24) is 16.0 Å². The second-order valence-electron chi connectivity index (χ2n) is 9.79. The van der Waals surface area contributed by atoms with Gasteiger partial charge in [-0.2, -0.15) is 0 Å². The van der Waals surface area contributed by atoms with Crippen LogP contribution in [0.25, 0.3) is 0 Å². The average Bonchev–Trinajstić information content (AvgIpc) is 2.80. The maximum atomic E-state index is 13.5. The highest BCUT2D eigenvalue weighted by Crippen LogP contribution is 2.47. The monoisotopic (exact) mass is 537 g/mol. The van der Waals surface area contributed by atoms with Gasteiger partial charge in [0.2, 0.25) is 5.91 Å². The summed E-state index contributed by atoms with van der Waals surface area (Å²) in [4.78, 5) is 25.4. The summed E-state index contributed by atoms with van der Waals surface area (Å²) in [5, 5.41) is 19.3. The van der Waals surface area contributed by atoms with Gasteiger partial charge in [0, 0.05) is 18.2 Å². The van der Waals surface area contributed by atoms with E-state index in [0.29, 0.717) is 25.7 Å². The lowest BCUT2D eigenvalue weighted by atomic mass is 9.59. The van der Waals surface area contributed by atoms with Crippen LogP contribution in [0.1, 0.15) is 44.9 Å². The molecule has 2 bridgehead atoms. The standard InChI is InChI=1S/C23H28ClF4N3O5/c24-15-3-2-14(9-16(15)25)35-12-18(33)30-22-7-5-21(6-8-22,10-17(22)32)31-20(34)13-1-4-19(29-11-13)36-23(26,27)28/h2-3,9,13,17,19,29,32H,1,4-8,10-12H2,(H,30,33)(H,31,34). The van der Waals surface area contributed by atoms with Crippen molar-refractivity contribution in [2.45, 2.75) is 74.7 Å². The molecule has 5 rings (SSSR count). The molecular weight excluding hydrogens is 510 g/mol. The maximum absolute atomic E-state index is 13.5. The van der Waals surface area contributed by atoms with Crippen LogP contribution in [0.4, 0.5) is 17.6 Å². The first-order valence-corrected chi connectivity index (χ1v) is 12.1. The van der Waals surface area contributed by atoms with E-state index >= 15 is 0 Å². The zero-order valence-corrected chi connectivity index (χ0v) is 20.1. The summed E-state index contributed by atoms with van der Waals surface area (Å²) >= 11 is 5.63. The van der Waals surface area contributed by atoms with Crippen molar-refractivity contribution in [2.75, 3.05) is 13.2 Å². The third kappa shape index (κ3) is 6.21. The summed E-state index contributed by atoms with van der Waals surface area (Å²) in [5.41, 5.74) is -1.49. The van der Waals surface area contributed by atoms with Gasteiger partial charge in [0.1, 0.15) is 17.8 Å². The molecule has 4 fully saturated rings. The number of hydrogen-bond donors (Lipinski definition) is 4. The van der Waals surface area contributed by atoms with E-state index in [1.165, 1.54) is 12.1 Å². The van der Waals surface area contributed by atoms with Gasteiger partial charge in [0.15, 0.2) is 6.61 Å². The first-order valence-electron chi connectivity index (χ1n) is 11.8. The van der Waals surface area contributed by atoms with Crippen LogP contribution in [0.3, 0.4) is 0 Å². The van der Waals surface area contributed by atoms with Gasteiger partial charge in [-0.3, -0.25) is 19.6 Å². The number of carbonyl (C=O) groups is 2. The number of amides is 2. The van der Waals surface area contributed by atoms with E-state index in [0.717, 1.165) is 6.07 Å². The molecule has 1 aromatic carbocycles. The molecule has 13 heteroatoms.